The standard InChI is InChI=1S/C14H12FN3OS/c1-7-8(2)20-14(10(7)6-16)18-13(19)9-3-4-12(17)11(15)5-9/h3-5H,17H2,1-2H3,(H,18,19). The van der Waals surface area contributed by atoms with Crippen LogP contribution in [0.4, 0.5) is 15.1 Å². The van der Waals surface area contributed by atoms with Gasteiger partial charge < -0.3 is 11.1 Å². The van der Waals surface area contributed by atoms with E-state index in [1.54, 1.807) is 0 Å². The fourth-order valence-corrected chi connectivity index (χ4v) is 2.70. The van der Waals surface area contributed by atoms with Gasteiger partial charge in [0.05, 0.1) is 11.3 Å². The average molecular weight is 289 g/mol. The highest BCUT2D eigenvalue weighted by atomic mass is 32.1. The van der Waals surface area contributed by atoms with E-state index in [4.69, 9.17) is 11.0 Å². The number of rotatable bonds is 2. The first-order valence-electron chi connectivity index (χ1n) is 5.80. The number of nitrogens with zero attached hydrogens (tertiary/aromatic N) is 1. The van der Waals surface area contributed by atoms with E-state index in [0.717, 1.165) is 16.5 Å². The summed E-state index contributed by atoms with van der Waals surface area (Å²) in [4.78, 5) is 13.0. The van der Waals surface area contributed by atoms with E-state index < -0.39 is 11.7 Å². The molecule has 0 saturated carbocycles. The Labute approximate surface area is 119 Å². The van der Waals surface area contributed by atoms with Crippen LogP contribution in [0, 0.1) is 31.0 Å². The molecule has 2 rings (SSSR count). The van der Waals surface area contributed by atoms with E-state index in [0.29, 0.717) is 10.6 Å². The lowest BCUT2D eigenvalue weighted by Gasteiger charge is -2.04. The summed E-state index contributed by atoms with van der Waals surface area (Å²) in [7, 11) is 0. The van der Waals surface area contributed by atoms with Gasteiger partial charge in [0.25, 0.3) is 5.91 Å². The first-order valence-corrected chi connectivity index (χ1v) is 6.62. The maximum atomic E-state index is 13.3. The zero-order chi connectivity index (χ0) is 14.9. The maximum Gasteiger partial charge on any atom is 0.256 e. The minimum Gasteiger partial charge on any atom is -0.396 e. The summed E-state index contributed by atoms with van der Waals surface area (Å²) in [5, 5.41) is 12.2. The summed E-state index contributed by atoms with van der Waals surface area (Å²) in [5.41, 5.74) is 6.79. The van der Waals surface area contributed by atoms with Crippen LogP contribution in [-0.2, 0) is 0 Å². The van der Waals surface area contributed by atoms with Crippen molar-refractivity contribution in [2.75, 3.05) is 11.1 Å². The van der Waals surface area contributed by atoms with Gasteiger partial charge >= 0.3 is 0 Å². The van der Waals surface area contributed by atoms with E-state index in [9.17, 15) is 9.18 Å². The molecular formula is C14H12FN3OS. The number of nitriles is 1. The van der Waals surface area contributed by atoms with Gasteiger partial charge in [0.15, 0.2) is 0 Å². The lowest BCUT2D eigenvalue weighted by atomic mass is 10.1. The molecule has 2 aromatic rings. The van der Waals surface area contributed by atoms with Gasteiger partial charge in [-0.3, -0.25) is 4.79 Å². The van der Waals surface area contributed by atoms with Gasteiger partial charge in [-0.15, -0.1) is 11.3 Å². The largest absolute Gasteiger partial charge is 0.396 e. The maximum absolute atomic E-state index is 13.3. The Kier molecular flexibility index (Phi) is 3.72. The van der Waals surface area contributed by atoms with Crippen molar-refractivity contribution in [1.82, 2.24) is 0 Å². The summed E-state index contributed by atoms with van der Waals surface area (Å²) < 4.78 is 13.3. The predicted octanol–water partition coefficient (Wildman–Crippen LogP) is 3.21. The van der Waals surface area contributed by atoms with E-state index in [1.807, 2.05) is 13.8 Å². The van der Waals surface area contributed by atoms with Crippen molar-refractivity contribution in [2.45, 2.75) is 13.8 Å². The number of hydrogen-bond acceptors (Lipinski definition) is 4. The fraction of sp³-hybridized carbons (Fsp3) is 0.143. The monoisotopic (exact) mass is 289 g/mol. The Morgan fingerprint density at radius 3 is 2.75 bits per heavy atom. The summed E-state index contributed by atoms with van der Waals surface area (Å²) in [5.74, 6) is -1.11. The molecule has 102 valence electrons. The van der Waals surface area contributed by atoms with Crippen LogP contribution in [-0.4, -0.2) is 5.91 Å². The third-order valence-electron chi connectivity index (χ3n) is 2.99. The van der Waals surface area contributed by atoms with Crippen LogP contribution in [0.1, 0.15) is 26.4 Å². The zero-order valence-electron chi connectivity index (χ0n) is 11.0. The van der Waals surface area contributed by atoms with Gasteiger partial charge in [0.1, 0.15) is 16.9 Å². The Balaban J connectivity index is 2.30. The van der Waals surface area contributed by atoms with Crippen molar-refractivity contribution in [2.24, 2.45) is 0 Å². The Morgan fingerprint density at radius 1 is 1.45 bits per heavy atom. The van der Waals surface area contributed by atoms with Crippen molar-refractivity contribution in [3.63, 3.8) is 0 Å². The van der Waals surface area contributed by atoms with Crippen molar-refractivity contribution in [3.8, 4) is 6.07 Å². The van der Waals surface area contributed by atoms with Crippen molar-refractivity contribution >= 4 is 27.9 Å². The average Bonchev–Trinajstić information content (AvgIpc) is 2.67. The van der Waals surface area contributed by atoms with Gasteiger partial charge in [-0.25, -0.2) is 4.39 Å². The van der Waals surface area contributed by atoms with Crippen LogP contribution < -0.4 is 11.1 Å². The lowest BCUT2D eigenvalue weighted by molar-refractivity contribution is 0.102. The second-order valence-electron chi connectivity index (χ2n) is 4.29. The summed E-state index contributed by atoms with van der Waals surface area (Å²) in [6, 6.07) is 5.91. The number of anilines is 2. The van der Waals surface area contributed by atoms with E-state index in [-0.39, 0.29) is 11.3 Å². The molecule has 0 bridgehead atoms. The fourth-order valence-electron chi connectivity index (χ4n) is 1.69. The topological polar surface area (TPSA) is 78.9 Å². The molecule has 0 aliphatic carbocycles. The summed E-state index contributed by atoms with van der Waals surface area (Å²) in [6.45, 7) is 3.70. The molecule has 4 nitrogen and oxygen atoms in total. The minimum atomic E-state index is -0.642. The number of benzene rings is 1. The number of amides is 1. The predicted molar refractivity (Wildman–Crippen MR) is 77.3 cm³/mol. The Morgan fingerprint density at radius 2 is 2.15 bits per heavy atom. The molecule has 0 aliphatic heterocycles. The molecule has 0 saturated heterocycles. The quantitative estimate of drug-likeness (QED) is 0.833. The normalized spacial score (nSPS) is 10.1. The van der Waals surface area contributed by atoms with Crippen LogP contribution >= 0.6 is 11.3 Å². The highest BCUT2D eigenvalue weighted by molar-refractivity contribution is 7.16. The number of nitrogen functional groups attached to an aromatic ring is 1. The Hall–Kier alpha value is -2.39. The molecule has 1 aromatic carbocycles. The molecule has 1 heterocycles. The van der Waals surface area contributed by atoms with E-state index in [1.165, 1.54) is 23.5 Å². The SMILES string of the molecule is Cc1sc(NC(=O)c2ccc(N)c(F)c2)c(C#N)c1C. The number of thiophene rings is 1. The molecule has 0 aliphatic rings. The van der Waals surface area contributed by atoms with Crippen LogP contribution in [0.5, 0.6) is 0 Å². The van der Waals surface area contributed by atoms with Crippen molar-refractivity contribution in [3.05, 3.63) is 45.6 Å². The number of nitrogens with two attached hydrogens (primary N) is 1. The minimum absolute atomic E-state index is 0.0120. The summed E-state index contributed by atoms with van der Waals surface area (Å²) in [6.07, 6.45) is 0. The number of carbonyl (C=O) groups excluding carboxylic acids is 1. The van der Waals surface area contributed by atoms with Gasteiger partial charge in [0, 0.05) is 10.4 Å². The number of hydrogen-bond donors (Lipinski definition) is 2. The molecule has 6 heteroatoms. The first-order chi connectivity index (χ1) is 9.43. The molecule has 20 heavy (non-hydrogen) atoms. The van der Waals surface area contributed by atoms with Crippen molar-refractivity contribution in [1.29, 1.82) is 5.26 Å². The molecule has 1 aromatic heterocycles. The van der Waals surface area contributed by atoms with Gasteiger partial charge in [0.2, 0.25) is 0 Å². The molecule has 0 fully saturated rings. The van der Waals surface area contributed by atoms with E-state index >= 15 is 0 Å². The van der Waals surface area contributed by atoms with Gasteiger partial charge in [-0.2, -0.15) is 5.26 Å². The van der Waals surface area contributed by atoms with E-state index in [2.05, 4.69) is 11.4 Å². The highest BCUT2D eigenvalue weighted by Crippen LogP contribution is 2.32. The van der Waals surface area contributed by atoms with Crippen LogP contribution in [0.2, 0.25) is 0 Å². The molecule has 0 atom stereocenters. The Bertz CT molecular complexity index is 731. The molecular weight excluding hydrogens is 277 g/mol. The second-order valence-corrected chi connectivity index (χ2v) is 5.51. The number of halogens is 1. The molecule has 0 unspecified atom stereocenters. The summed E-state index contributed by atoms with van der Waals surface area (Å²) >= 11 is 1.32. The van der Waals surface area contributed by atoms with Gasteiger partial charge in [-0.1, -0.05) is 0 Å². The number of nitrogens with one attached hydrogen (secondary N) is 1. The lowest BCUT2D eigenvalue weighted by Crippen LogP contribution is -2.12. The van der Waals surface area contributed by atoms with Crippen LogP contribution in [0.25, 0.3) is 0 Å². The number of aryl methyl sites for hydroxylation is 1. The molecule has 3 N–H and O–H groups in total. The second kappa shape index (κ2) is 5.31. The highest BCUT2D eigenvalue weighted by Gasteiger charge is 2.16. The number of carbonyl (C=O) groups is 1. The van der Waals surface area contributed by atoms with Gasteiger partial charge in [-0.05, 0) is 37.6 Å². The molecule has 0 spiro atoms. The smallest absolute Gasteiger partial charge is 0.256 e. The van der Waals surface area contributed by atoms with Crippen LogP contribution in [0.3, 0.4) is 0 Å². The first kappa shape index (κ1) is 14.0. The molecule has 1 amide bonds. The third-order valence-corrected chi connectivity index (χ3v) is 4.11. The zero-order valence-corrected chi connectivity index (χ0v) is 11.8. The van der Waals surface area contributed by atoms with Crippen LogP contribution in [0.15, 0.2) is 18.2 Å². The third kappa shape index (κ3) is 2.49. The molecule has 0 radical (unpaired) electrons. The van der Waals surface area contributed by atoms with Crippen molar-refractivity contribution < 1.29 is 9.18 Å².